The molecule has 84 valence electrons. The van der Waals surface area contributed by atoms with Crippen LogP contribution in [-0.4, -0.2) is 19.1 Å². The molecule has 0 saturated heterocycles. The number of nitrogens with two attached hydrogens (primary N) is 1. The van der Waals surface area contributed by atoms with Gasteiger partial charge in [-0.25, -0.2) is 0 Å². The van der Waals surface area contributed by atoms with Crippen LogP contribution in [0.25, 0.3) is 6.08 Å². The van der Waals surface area contributed by atoms with E-state index in [1.807, 2.05) is 18.2 Å². The Kier molecular flexibility index (Phi) is 3.10. The number of carbonyl (C=O) groups is 1. The van der Waals surface area contributed by atoms with Crippen molar-refractivity contribution in [3.05, 3.63) is 29.8 Å². The van der Waals surface area contributed by atoms with Crippen LogP contribution < -0.4 is 15.2 Å². The zero-order valence-electron chi connectivity index (χ0n) is 8.81. The summed E-state index contributed by atoms with van der Waals surface area (Å²) in [7, 11) is 0. The summed E-state index contributed by atoms with van der Waals surface area (Å²) in [5.74, 6) is 0.991. The fourth-order valence-electron chi connectivity index (χ4n) is 1.46. The van der Waals surface area contributed by atoms with Gasteiger partial charge in [0.15, 0.2) is 11.5 Å². The minimum atomic E-state index is -0.466. The average molecular weight is 219 g/mol. The van der Waals surface area contributed by atoms with Crippen molar-refractivity contribution in [3.8, 4) is 11.5 Å². The van der Waals surface area contributed by atoms with Crippen LogP contribution in [0.1, 0.15) is 12.0 Å². The lowest BCUT2D eigenvalue weighted by molar-refractivity contribution is -0.113. The average Bonchev–Trinajstić information content (AvgIpc) is 2.50. The smallest absolute Gasteiger partial charge is 0.241 e. The van der Waals surface area contributed by atoms with Gasteiger partial charge >= 0.3 is 0 Å². The zero-order valence-corrected chi connectivity index (χ0v) is 8.81. The van der Waals surface area contributed by atoms with Crippen LogP contribution >= 0.6 is 0 Å². The lowest BCUT2D eigenvalue weighted by atomic mass is 10.2. The summed E-state index contributed by atoms with van der Waals surface area (Å²) in [5.41, 5.74) is 5.89. The second-order valence-electron chi connectivity index (χ2n) is 3.49. The fourth-order valence-corrected chi connectivity index (χ4v) is 1.46. The summed E-state index contributed by atoms with van der Waals surface area (Å²) < 4.78 is 11.0. The van der Waals surface area contributed by atoms with Crippen molar-refractivity contribution in [1.29, 1.82) is 0 Å². The van der Waals surface area contributed by atoms with E-state index in [4.69, 9.17) is 15.2 Å². The van der Waals surface area contributed by atoms with Crippen LogP contribution in [0.2, 0.25) is 0 Å². The molecule has 0 radical (unpaired) electrons. The number of amides is 1. The van der Waals surface area contributed by atoms with Gasteiger partial charge in [-0.3, -0.25) is 4.79 Å². The van der Waals surface area contributed by atoms with Crippen molar-refractivity contribution in [3.63, 3.8) is 0 Å². The fraction of sp³-hybridized carbons (Fsp3) is 0.250. The van der Waals surface area contributed by atoms with Gasteiger partial charge in [0.1, 0.15) is 0 Å². The number of benzene rings is 1. The van der Waals surface area contributed by atoms with E-state index in [9.17, 15) is 4.79 Å². The van der Waals surface area contributed by atoms with E-state index in [1.165, 1.54) is 6.08 Å². The quantitative estimate of drug-likeness (QED) is 0.763. The Bertz CT molecular complexity index is 426. The molecule has 0 saturated carbocycles. The van der Waals surface area contributed by atoms with Crippen molar-refractivity contribution in [2.75, 3.05) is 13.2 Å². The Balaban J connectivity index is 2.24. The molecule has 1 amide bonds. The molecule has 4 nitrogen and oxygen atoms in total. The van der Waals surface area contributed by atoms with Crippen molar-refractivity contribution >= 4 is 12.0 Å². The SMILES string of the molecule is NC(=O)/C=C\c1ccc2c(c1)OCCCO2. The number of hydrogen-bond donors (Lipinski definition) is 1. The first-order valence-corrected chi connectivity index (χ1v) is 5.13. The Labute approximate surface area is 93.7 Å². The van der Waals surface area contributed by atoms with Gasteiger partial charge in [0, 0.05) is 12.5 Å². The van der Waals surface area contributed by atoms with Crippen molar-refractivity contribution in [2.24, 2.45) is 5.73 Å². The van der Waals surface area contributed by atoms with Crippen molar-refractivity contribution in [2.45, 2.75) is 6.42 Å². The minimum Gasteiger partial charge on any atom is -0.490 e. The summed E-state index contributed by atoms with van der Waals surface area (Å²) in [6.45, 7) is 1.32. The Hall–Kier alpha value is -1.97. The molecule has 2 rings (SSSR count). The van der Waals surface area contributed by atoms with Gasteiger partial charge in [0.05, 0.1) is 13.2 Å². The van der Waals surface area contributed by atoms with E-state index in [0.29, 0.717) is 19.0 Å². The van der Waals surface area contributed by atoms with E-state index in [1.54, 1.807) is 6.08 Å². The summed E-state index contributed by atoms with van der Waals surface area (Å²) in [4.78, 5) is 10.6. The summed E-state index contributed by atoms with van der Waals surface area (Å²) >= 11 is 0. The second-order valence-corrected chi connectivity index (χ2v) is 3.49. The predicted molar refractivity (Wildman–Crippen MR) is 60.3 cm³/mol. The first-order valence-electron chi connectivity index (χ1n) is 5.13. The maximum Gasteiger partial charge on any atom is 0.241 e. The topological polar surface area (TPSA) is 61.6 Å². The van der Waals surface area contributed by atoms with Crippen LogP contribution in [0.5, 0.6) is 11.5 Å². The largest absolute Gasteiger partial charge is 0.490 e. The van der Waals surface area contributed by atoms with Gasteiger partial charge in [0.2, 0.25) is 5.91 Å². The molecule has 0 aliphatic carbocycles. The molecule has 16 heavy (non-hydrogen) atoms. The molecule has 0 spiro atoms. The Morgan fingerprint density at radius 3 is 2.75 bits per heavy atom. The standard InChI is InChI=1S/C12H13NO3/c13-12(14)5-3-9-2-4-10-11(8-9)16-7-1-6-15-10/h2-5,8H,1,6-7H2,(H2,13,14)/b5-3-. The molecule has 0 bridgehead atoms. The third-order valence-corrected chi connectivity index (χ3v) is 2.21. The Morgan fingerprint density at radius 2 is 2.00 bits per heavy atom. The van der Waals surface area contributed by atoms with Gasteiger partial charge in [0.25, 0.3) is 0 Å². The predicted octanol–water partition coefficient (Wildman–Crippen LogP) is 1.35. The first-order chi connectivity index (χ1) is 7.75. The van der Waals surface area contributed by atoms with E-state index < -0.39 is 5.91 Å². The molecule has 1 heterocycles. The van der Waals surface area contributed by atoms with E-state index in [2.05, 4.69) is 0 Å². The highest BCUT2D eigenvalue weighted by Gasteiger charge is 2.09. The van der Waals surface area contributed by atoms with Gasteiger partial charge in [-0.05, 0) is 23.8 Å². The van der Waals surface area contributed by atoms with Gasteiger partial charge < -0.3 is 15.2 Å². The number of ether oxygens (including phenoxy) is 2. The molecular weight excluding hydrogens is 206 g/mol. The third kappa shape index (κ3) is 2.53. The molecule has 4 heteroatoms. The van der Waals surface area contributed by atoms with Gasteiger partial charge in [-0.1, -0.05) is 6.07 Å². The third-order valence-electron chi connectivity index (χ3n) is 2.21. The maximum absolute atomic E-state index is 10.6. The lowest BCUT2D eigenvalue weighted by Crippen LogP contribution is -2.05. The van der Waals surface area contributed by atoms with Gasteiger partial charge in [-0.15, -0.1) is 0 Å². The normalized spacial score (nSPS) is 14.8. The van der Waals surface area contributed by atoms with Gasteiger partial charge in [-0.2, -0.15) is 0 Å². The highest BCUT2D eigenvalue weighted by molar-refractivity contribution is 5.90. The van der Waals surface area contributed by atoms with Crippen LogP contribution in [-0.2, 0) is 4.79 Å². The van der Waals surface area contributed by atoms with E-state index >= 15 is 0 Å². The molecule has 1 aliphatic rings. The molecule has 1 aromatic carbocycles. The molecular formula is C12H13NO3. The maximum atomic E-state index is 10.6. The minimum absolute atomic E-state index is 0.466. The van der Waals surface area contributed by atoms with Crippen LogP contribution in [0.3, 0.4) is 0 Å². The number of hydrogen-bond acceptors (Lipinski definition) is 3. The van der Waals surface area contributed by atoms with Crippen molar-refractivity contribution < 1.29 is 14.3 Å². The number of primary amides is 1. The summed E-state index contributed by atoms with van der Waals surface area (Å²) in [5, 5.41) is 0. The van der Waals surface area contributed by atoms with E-state index in [-0.39, 0.29) is 0 Å². The van der Waals surface area contributed by atoms with E-state index in [0.717, 1.165) is 17.7 Å². The summed E-state index contributed by atoms with van der Waals surface area (Å²) in [6.07, 6.45) is 3.84. The molecule has 2 N–H and O–H groups in total. The molecule has 1 aromatic rings. The monoisotopic (exact) mass is 219 g/mol. The zero-order chi connectivity index (χ0) is 11.4. The van der Waals surface area contributed by atoms with Crippen LogP contribution in [0.15, 0.2) is 24.3 Å². The molecule has 1 aliphatic heterocycles. The molecule has 0 fully saturated rings. The van der Waals surface area contributed by atoms with Crippen LogP contribution in [0, 0.1) is 0 Å². The highest BCUT2D eigenvalue weighted by atomic mass is 16.5. The summed E-state index contributed by atoms with van der Waals surface area (Å²) in [6, 6.07) is 5.52. The number of fused-ring (bicyclic) bond motifs is 1. The second kappa shape index (κ2) is 4.70. The number of rotatable bonds is 2. The first kappa shape index (κ1) is 10.5. The lowest BCUT2D eigenvalue weighted by Gasteiger charge is -2.07. The number of carbonyl (C=O) groups excluding carboxylic acids is 1. The van der Waals surface area contributed by atoms with Crippen LogP contribution in [0.4, 0.5) is 0 Å². The van der Waals surface area contributed by atoms with Crippen molar-refractivity contribution in [1.82, 2.24) is 0 Å². The highest BCUT2D eigenvalue weighted by Crippen LogP contribution is 2.30. The molecule has 0 unspecified atom stereocenters. The molecule has 0 atom stereocenters. The molecule has 0 aromatic heterocycles. The Morgan fingerprint density at radius 1 is 1.25 bits per heavy atom.